The van der Waals surface area contributed by atoms with Crippen molar-refractivity contribution in [2.45, 2.75) is 52.6 Å². The standard InChI is InChI=1S/C25H35N3O7/c1-5-34-22(31)15-13-19(25(33)35-6-2)27-24(32)23(17(3)4)28-21(30)16-26-20(29)14-12-18-10-8-7-9-11-18/h7-12,14,17,19,23H,5-6,13,15-16H2,1-4H3,(H,26,29)(H,27,32)(H,28,30)/t19-,23-/m0/s1/i/hD. The second-order valence-electron chi connectivity index (χ2n) is 7.83. The van der Waals surface area contributed by atoms with Gasteiger partial charge in [-0.25, -0.2) is 4.79 Å². The van der Waals surface area contributed by atoms with Gasteiger partial charge < -0.3 is 25.4 Å². The molecule has 3 amide bonds. The van der Waals surface area contributed by atoms with Crippen molar-refractivity contribution in [3.8, 4) is 0 Å². The molecule has 0 fully saturated rings. The number of carbonyl (C=O) groups is 5. The molecule has 0 saturated carbocycles. The predicted octanol–water partition coefficient (Wildman–Crippen LogP) is 1.35. The van der Waals surface area contributed by atoms with E-state index in [0.29, 0.717) is 5.31 Å². The summed E-state index contributed by atoms with van der Waals surface area (Å²) in [6.07, 6.45) is 2.64. The Bertz CT molecular complexity index is 921. The van der Waals surface area contributed by atoms with Crippen LogP contribution >= 0.6 is 0 Å². The van der Waals surface area contributed by atoms with Gasteiger partial charge in [-0.3, -0.25) is 19.2 Å². The first kappa shape index (κ1) is 27.6. The number of rotatable bonds is 14. The average molecular weight is 491 g/mol. The first-order valence-corrected chi connectivity index (χ1v) is 11.5. The van der Waals surface area contributed by atoms with Crippen molar-refractivity contribution in [3.05, 3.63) is 42.0 Å². The van der Waals surface area contributed by atoms with Gasteiger partial charge in [-0.2, -0.15) is 0 Å². The van der Waals surface area contributed by atoms with Crippen molar-refractivity contribution in [2.24, 2.45) is 5.92 Å². The lowest BCUT2D eigenvalue weighted by atomic mass is 10.0. The predicted molar refractivity (Wildman–Crippen MR) is 130 cm³/mol. The molecule has 35 heavy (non-hydrogen) atoms. The lowest BCUT2D eigenvalue weighted by Crippen LogP contribution is -2.55. The lowest BCUT2D eigenvalue weighted by molar-refractivity contribution is -0.149. The van der Waals surface area contributed by atoms with Gasteiger partial charge in [0.25, 0.3) is 0 Å². The van der Waals surface area contributed by atoms with E-state index >= 15 is 0 Å². The van der Waals surface area contributed by atoms with Gasteiger partial charge in [0, 0.05) is 12.5 Å². The maximum absolute atomic E-state index is 13.0. The summed E-state index contributed by atoms with van der Waals surface area (Å²) in [5.74, 6) is -3.87. The van der Waals surface area contributed by atoms with E-state index in [2.05, 4.69) is 10.6 Å². The summed E-state index contributed by atoms with van der Waals surface area (Å²) < 4.78 is 18.0. The Morgan fingerprint density at radius 1 is 1.03 bits per heavy atom. The van der Waals surface area contributed by atoms with E-state index in [4.69, 9.17) is 10.9 Å². The van der Waals surface area contributed by atoms with E-state index in [1.807, 2.05) is 30.3 Å². The average Bonchev–Trinajstić information content (AvgIpc) is 2.84. The van der Waals surface area contributed by atoms with Crippen LogP contribution in [0.2, 0.25) is 1.41 Å². The molecule has 0 unspecified atom stereocenters. The molecule has 192 valence electrons. The number of hydrogen-bond acceptors (Lipinski definition) is 7. The topological polar surface area (TPSA) is 140 Å². The number of benzene rings is 1. The minimum absolute atomic E-state index is 0.0655. The molecule has 1 aromatic rings. The quantitative estimate of drug-likeness (QED) is 0.264. The van der Waals surface area contributed by atoms with Crippen LogP contribution in [0, 0.1) is 5.92 Å². The van der Waals surface area contributed by atoms with E-state index in [1.54, 1.807) is 33.8 Å². The Morgan fingerprint density at radius 2 is 1.69 bits per heavy atom. The van der Waals surface area contributed by atoms with Gasteiger partial charge in [0.05, 0.1) is 19.8 Å². The maximum atomic E-state index is 13.0. The fourth-order valence-corrected chi connectivity index (χ4v) is 2.91. The highest BCUT2D eigenvalue weighted by atomic mass is 16.5. The smallest absolute Gasteiger partial charge is 0.328 e. The van der Waals surface area contributed by atoms with Crippen LogP contribution in [-0.2, 0) is 33.4 Å². The number of nitrogens with one attached hydrogen (secondary N) is 3. The molecule has 1 aromatic carbocycles. The molecule has 10 heteroatoms. The maximum Gasteiger partial charge on any atom is 0.328 e. The summed E-state index contributed by atoms with van der Waals surface area (Å²) in [5, 5.41) is 5.36. The summed E-state index contributed by atoms with van der Waals surface area (Å²) in [7, 11) is 0. The zero-order valence-electron chi connectivity index (χ0n) is 21.6. The Labute approximate surface area is 207 Å². The molecule has 10 nitrogen and oxygen atoms in total. The SMILES string of the molecule is [2H]N(C(=O)CNC(=O)C=Cc1ccccc1)[C@H](C(=O)N[C@@H](CCC(=O)OCC)C(=O)OCC)C(C)C. The number of amides is 3. The monoisotopic (exact) mass is 490 g/mol. The highest BCUT2D eigenvalue weighted by Crippen LogP contribution is 2.07. The minimum atomic E-state index is -1.26. The fraction of sp³-hybridized carbons (Fsp3) is 0.480. The third-order valence-electron chi connectivity index (χ3n) is 4.65. The zero-order chi connectivity index (χ0) is 27.1. The van der Waals surface area contributed by atoms with Gasteiger partial charge >= 0.3 is 11.9 Å². The summed E-state index contributed by atoms with van der Waals surface area (Å²) in [6.45, 7) is 6.28. The third-order valence-corrected chi connectivity index (χ3v) is 4.65. The van der Waals surface area contributed by atoms with Crippen molar-refractivity contribution in [2.75, 3.05) is 19.8 Å². The molecule has 0 aromatic heterocycles. The van der Waals surface area contributed by atoms with Gasteiger partial charge in [-0.05, 0) is 37.8 Å². The van der Waals surface area contributed by atoms with E-state index < -0.39 is 54.2 Å². The number of carbonyl (C=O) groups excluding carboxylic acids is 5. The molecular formula is C25H35N3O7. The Balaban J connectivity index is 2.79. The van der Waals surface area contributed by atoms with Crippen molar-refractivity contribution in [1.82, 2.24) is 15.9 Å². The molecular weight excluding hydrogens is 454 g/mol. The summed E-state index contributed by atoms with van der Waals surface area (Å²) >= 11 is 0. The molecule has 0 aliphatic rings. The highest BCUT2D eigenvalue weighted by Gasteiger charge is 2.29. The molecule has 2 atom stereocenters. The van der Waals surface area contributed by atoms with Gasteiger partial charge in [0.2, 0.25) is 17.7 Å². The third kappa shape index (κ3) is 11.8. The number of esters is 2. The van der Waals surface area contributed by atoms with Gasteiger partial charge in [0.1, 0.15) is 12.1 Å². The molecule has 0 aliphatic heterocycles. The van der Waals surface area contributed by atoms with Crippen molar-refractivity contribution >= 4 is 35.7 Å². The minimum Gasteiger partial charge on any atom is -0.466 e. The summed E-state index contributed by atoms with van der Waals surface area (Å²) in [6, 6.07) is 6.68. The molecule has 0 heterocycles. The second-order valence-corrected chi connectivity index (χ2v) is 7.83. The molecule has 0 bridgehead atoms. The molecule has 1 rings (SSSR count). The van der Waals surface area contributed by atoms with Gasteiger partial charge in [-0.15, -0.1) is 0 Å². The lowest BCUT2D eigenvalue weighted by Gasteiger charge is -2.24. The molecule has 0 radical (unpaired) electrons. The first-order valence-electron chi connectivity index (χ1n) is 12.0. The highest BCUT2D eigenvalue weighted by molar-refractivity contribution is 5.95. The van der Waals surface area contributed by atoms with Crippen LogP contribution in [0.5, 0.6) is 0 Å². The van der Waals surface area contributed by atoms with E-state index in [9.17, 15) is 24.0 Å². The van der Waals surface area contributed by atoms with E-state index in [-0.39, 0.29) is 26.1 Å². The van der Waals surface area contributed by atoms with Crippen LogP contribution in [0.3, 0.4) is 0 Å². The largest absolute Gasteiger partial charge is 0.466 e. The molecule has 0 spiro atoms. The zero-order valence-corrected chi connectivity index (χ0v) is 20.6. The summed E-state index contributed by atoms with van der Waals surface area (Å²) in [5.41, 5.74) is 0.803. The van der Waals surface area contributed by atoms with Crippen LogP contribution in [0.4, 0.5) is 0 Å². The van der Waals surface area contributed by atoms with Crippen molar-refractivity contribution in [1.29, 1.82) is 0 Å². The Hall–Kier alpha value is -3.69. The first-order chi connectivity index (χ1) is 17.1. The molecule has 0 saturated heterocycles. The van der Waals surface area contributed by atoms with Crippen LogP contribution in [-0.4, -0.2) is 61.5 Å². The van der Waals surface area contributed by atoms with Gasteiger partial charge in [-0.1, -0.05) is 44.2 Å². The Morgan fingerprint density at radius 3 is 2.29 bits per heavy atom. The number of ether oxygens (including phenoxy) is 2. The van der Waals surface area contributed by atoms with Crippen LogP contribution in [0.15, 0.2) is 36.4 Å². The van der Waals surface area contributed by atoms with Crippen LogP contribution in [0.1, 0.15) is 46.1 Å². The van der Waals surface area contributed by atoms with E-state index in [1.165, 1.54) is 6.08 Å². The van der Waals surface area contributed by atoms with Crippen LogP contribution in [0.25, 0.3) is 6.08 Å². The molecule has 3 N–H and O–H groups in total. The number of hydrogen-bond donors (Lipinski definition) is 3. The molecule has 0 aliphatic carbocycles. The normalized spacial score (nSPS) is 12.9. The van der Waals surface area contributed by atoms with E-state index in [0.717, 1.165) is 5.56 Å². The summed E-state index contributed by atoms with van der Waals surface area (Å²) in [4.78, 5) is 61.6. The second kappa shape index (κ2) is 16.0. The van der Waals surface area contributed by atoms with Crippen molar-refractivity contribution < 1.29 is 34.9 Å². The van der Waals surface area contributed by atoms with Crippen LogP contribution < -0.4 is 15.9 Å². The van der Waals surface area contributed by atoms with Gasteiger partial charge in [0.15, 0.2) is 1.41 Å². The Kier molecular flexibility index (Phi) is 12.6. The van der Waals surface area contributed by atoms with Crippen molar-refractivity contribution in [3.63, 3.8) is 0 Å². The fourth-order valence-electron chi connectivity index (χ4n) is 2.91.